The van der Waals surface area contributed by atoms with Crippen molar-refractivity contribution in [3.05, 3.63) is 11.6 Å². The molecule has 3 fully saturated rings. The van der Waals surface area contributed by atoms with Crippen LogP contribution in [0.3, 0.4) is 0 Å². The predicted molar refractivity (Wildman–Crippen MR) is 106 cm³/mol. The molecular formula is C23H40O3. The van der Waals surface area contributed by atoms with Crippen molar-refractivity contribution in [2.24, 2.45) is 22.7 Å². The second-order valence-electron chi connectivity index (χ2n) is 9.70. The highest BCUT2D eigenvalue weighted by Crippen LogP contribution is 2.58. The van der Waals surface area contributed by atoms with Gasteiger partial charge in [0.05, 0.1) is 19.3 Å². The van der Waals surface area contributed by atoms with Gasteiger partial charge in [0, 0.05) is 11.8 Å². The second kappa shape index (κ2) is 7.56. The molecule has 1 N–H and O–H groups in total. The molecule has 1 aliphatic heterocycles. The maximum atomic E-state index is 10.2. The van der Waals surface area contributed by atoms with Crippen molar-refractivity contribution in [2.45, 2.75) is 97.9 Å². The molecule has 150 valence electrons. The molecule has 3 aliphatic rings. The van der Waals surface area contributed by atoms with Gasteiger partial charge in [-0.15, -0.1) is 0 Å². The van der Waals surface area contributed by atoms with E-state index in [9.17, 15) is 5.11 Å². The van der Waals surface area contributed by atoms with E-state index < -0.39 is 0 Å². The molecule has 0 radical (unpaired) electrons. The summed E-state index contributed by atoms with van der Waals surface area (Å²) < 4.78 is 12.4. The van der Waals surface area contributed by atoms with Crippen molar-refractivity contribution in [3.8, 4) is 0 Å². The lowest BCUT2D eigenvalue weighted by atomic mass is 9.61. The number of aliphatic hydroxyl groups excluding tert-OH is 1. The molecule has 2 saturated carbocycles. The van der Waals surface area contributed by atoms with Gasteiger partial charge in [0.2, 0.25) is 0 Å². The molecule has 0 amide bonds. The fraction of sp³-hybridized carbons (Fsp3) is 0.913. The second-order valence-corrected chi connectivity index (χ2v) is 9.70. The van der Waals surface area contributed by atoms with Gasteiger partial charge in [-0.25, -0.2) is 0 Å². The van der Waals surface area contributed by atoms with Crippen LogP contribution in [0, 0.1) is 22.7 Å². The Morgan fingerprint density at radius 1 is 1.19 bits per heavy atom. The van der Waals surface area contributed by atoms with Crippen LogP contribution in [0.2, 0.25) is 0 Å². The number of rotatable bonds is 5. The number of aliphatic hydroxyl groups is 1. The molecule has 26 heavy (non-hydrogen) atoms. The zero-order valence-electron chi connectivity index (χ0n) is 17.6. The summed E-state index contributed by atoms with van der Waals surface area (Å²) in [5.74, 6) is 0.910. The van der Waals surface area contributed by atoms with E-state index in [0.29, 0.717) is 11.8 Å². The summed E-state index contributed by atoms with van der Waals surface area (Å²) in [6.07, 6.45) is 10.8. The first-order valence-corrected chi connectivity index (χ1v) is 10.9. The van der Waals surface area contributed by atoms with Gasteiger partial charge in [0.15, 0.2) is 5.79 Å². The Hall–Kier alpha value is -0.380. The third kappa shape index (κ3) is 3.29. The smallest absolute Gasteiger partial charge is 0.174 e. The average Bonchev–Trinajstić information content (AvgIpc) is 3.19. The first-order chi connectivity index (χ1) is 12.3. The van der Waals surface area contributed by atoms with Gasteiger partial charge in [-0.2, -0.15) is 0 Å². The summed E-state index contributed by atoms with van der Waals surface area (Å²) >= 11 is 0. The van der Waals surface area contributed by atoms with Gasteiger partial charge in [-0.3, -0.25) is 0 Å². The molecule has 3 heteroatoms. The molecule has 0 bridgehead atoms. The maximum Gasteiger partial charge on any atom is 0.174 e. The molecule has 5 atom stereocenters. The van der Waals surface area contributed by atoms with Gasteiger partial charge in [-0.1, -0.05) is 46.3 Å². The van der Waals surface area contributed by atoms with Crippen LogP contribution in [-0.4, -0.2) is 30.2 Å². The predicted octanol–water partition coefficient (Wildman–Crippen LogP) is 5.47. The average molecular weight is 365 g/mol. The Labute approximate surface area is 160 Å². The van der Waals surface area contributed by atoms with Crippen LogP contribution in [0.1, 0.15) is 86.0 Å². The van der Waals surface area contributed by atoms with Gasteiger partial charge >= 0.3 is 0 Å². The Morgan fingerprint density at radius 2 is 1.88 bits per heavy atom. The van der Waals surface area contributed by atoms with Crippen LogP contribution >= 0.6 is 0 Å². The van der Waals surface area contributed by atoms with Gasteiger partial charge < -0.3 is 14.6 Å². The quantitative estimate of drug-likeness (QED) is 0.657. The summed E-state index contributed by atoms with van der Waals surface area (Å²) in [5, 5.41) is 10.2. The fourth-order valence-electron chi connectivity index (χ4n) is 5.93. The highest BCUT2D eigenvalue weighted by molar-refractivity contribution is 5.19. The van der Waals surface area contributed by atoms with Gasteiger partial charge in [0.1, 0.15) is 0 Å². The minimum absolute atomic E-state index is 0.108. The van der Waals surface area contributed by atoms with E-state index >= 15 is 0 Å². The van der Waals surface area contributed by atoms with Crippen molar-refractivity contribution >= 4 is 0 Å². The Bertz CT molecular complexity index is 522. The van der Waals surface area contributed by atoms with Crippen molar-refractivity contribution in [1.82, 2.24) is 0 Å². The number of allylic oxidation sites excluding steroid dienone is 1. The summed E-state index contributed by atoms with van der Waals surface area (Å²) in [7, 11) is 0. The minimum Gasteiger partial charge on any atom is -0.393 e. The van der Waals surface area contributed by atoms with Crippen LogP contribution in [0.5, 0.6) is 0 Å². The van der Waals surface area contributed by atoms with E-state index in [2.05, 4.69) is 40.7 Å². The van der Waals surface area contributed by atoms with Crippen molar-refractivity contribution in [3.63, 3.8) is 0 Å². The van der Waals surface area contributed by atoms with Crippen LogP contribution in [0.4, 0.5) is 0 Å². The van der Waals surface area contributed by atoms with E-state index in [1.807, 2.05) is 0 Å². The molecule has 1 saturated heterocycles. The zero-order valence-corrected chi connectivity index (χ0v) is 17.6. The van der Waals surface area contributed by atoms with E-state index in [-0.39, 0.29) is 22.7 Å². The normalized spacial score (nSPS) is 42.6. The van der Waals surface area contributed by atoms with E-state index in [1.54, 1.807) is 0 Å². The molecule has 2 aliphatic carbocycles. The molecule has 0 aromatic carbocycles. The Balaban J connectivity index is 1.73. The highest BCUT2D eigenvalue weighted by atomic mass is 16.7. The molecular weight excluding hydrogens is 324 g/mol. The molecule has 0 aromatic heterocycles. The number of hydrogen-bond donors (Lipinski definition) is 1. The molecule has 1 spiro atoms. The Kier molecular flexibility index (Phi) is 5.92. The van der Waals surface area contributed by atoms with Crippen LogP contribution in [-0.2, 0) is 9.47 Å². The van der Waals surface area contributed by atoms with Crippen molar-refractivity contribution < 1.29 is 14.6 Å². The van der Waals surface area contributed by atoms with Gasteiger partial charge in [0.25, 0.3) is 0 Å². The summed E-state index contributed by atoms with van der Waals surface area (Å²) in [6.45, 7) is 13.3. The van der Waals surface area contributed by atoms with Gasteiger partial charge in [-0.05, 0) is 62.2 Å². The number of hydrogen-bond acceptors (Lipinski definition) is 3. The van der Waals surface area contributed by atoms with E-state index in [4.69, 9.17) is 9.47 Å². The third-order valence-corrected chi connectivity index (χ3v) is 8.44. The van der Waals surface area contributed by atoms with E-state index in [0.717, 1.165) is 51.7 Å². The summed E-state index contributed by atoms with van der Waals surface area (Å²) in [4.78, 5) is 0. The Morgan fingerprint density at radius 3 is 2.54 bits per heavy atom. The lowest BCUT2D eigenvalue weighted by molar-refractivity contribution is -0.226. The van der Waals surface area contributed by atoms with Crippen molar-refractivity contribution in [2.75, 3.05) is 13.2 Å². The third-order valence-electron chi connectivity index (χ3n) is 8.44. The fourth-order valence-corrected chi connectivity index (χ4v) is 5.93. The molecule has 0 unspecified atom stereocenters. The largest absolute Gasteiger partial charge is 0.393 e. The first-order valence-electron chi connectivity index (χ1n) is 10.9. The molecule has 3 rings (SSSR count). The first kappa shape index (κ1) is 20.4. The molecule has 0 aromatic rings. The minimum atomic E-state index is -0.335. The van der Waals surface area contributed by atoms with E-state index in [1.165, 1.54) is 18.4 Å². The van der Waals surface area contributed by atoms with Crippen LogP contribution in [0.15, 0.2) is 11.6 Å². The van der Waals surface area contributed by atoms with Crippen molar-refractivity contribution in [1.29, 1.82) is 0 Å². The maximum absolute atomic E-state index is 10.2. The lowest BCUT2D eigenvalue weighted by Crippen LogP contribution is -2.46. The SMILES string of the molecule is CC/C=C1/C[C@@H](O)CC[C@]1(C)[C@H](C)CC[C@@]1(C)[C@H](C)CCC12OCCO2. The zero-order chi connectivity index (χ0) is 19.0. The summed E-state index contributed by atoms with van der Waals surface area (Å²) in [5.41, 5.74) is 1.81. The lowest BCUT2D eigenvalue weighted by Gasteiger charge is -2.46. The monoisotopic (exact) mass is 364 g/mol. The topological polar surface area (TPSA) is 38.7 Å². The summed E-state index contributed by atoms with van der Waals surface area (Å²) in [6, 6.07) is 0. The highest BCUT2D eigenvalue weighted by Gasteiger charge is 2.59. The molecule has 1 heterocycles. The standard InChI is InChI=1S/C23H40O3/c1-6-7-19-16-20(24)10-11-21(19,4)17(2)8-12-22(5)18(3)9-13-23(22)25-14-15-26-23/h7,17-18,20,24H,6,8-16H2,1-5H3/b19-7-/t17-,18-,20+,21-,22+/m1/s1. The molecule has 3 nitrogen and oxygen atoms in total. The number of ether oxygens (including phenoxy) is 2. The van der Waals surface area contributed by atoms with Crippen LogP contribution < -0.4 is 0 Å². The van der Waals surface area contributed by atoms with Crippen LogP contribution in [0.25, 0.3) is 0 Å².